The quantitative estimate of drug-likeness (QED) is 0.840. The maximum atomic E-state index is 12.8. The second kappa shape index (κ2) is 6.73. The second-order valence-electron chi connectivity index (χ2n) is 5.02. The van der Waals surface area contributed by atoms with Crippen LogP contribution in [0, 0.1) is 0 Å². The lowest BCUT2D eigenvalue weighted by Gasteiger charge is -2.09. The maximum Gasteiger partial charge on any atom is 0.435 e. The van der Waals surface area contributed by atoms with E-state index in [-0.39, 0.29) is 5.56 Å². The van der Waals surface area contributed by atoms with Gasteiger partial charge in [-0.05, 0) is 24.1 Å². The van der Waals surface area contributed by atoms with Crippen molar-refractivity contribution in [2.75, 3.05) is 0 Å². The molecule has 1 aromatic carbocycles. The summed E-state index contributed by atoms with van der Waals surface area (Å²) < 4.78 is 39.3. The Balaban J connectivity index is 2.06. The van der Waals surface area contributed by atoms with Gasteiger partial charge in [0, 0.05) is 18.8 Å². The normalized spacial score (nSPS) is 11.2. The number of aryl methyl sites for hydroxylation is 2. The van der Waals surface area contributed by atoms with Gasteiger partial charge in [-0.2, -0.15) is 18.3 Å². The largest absolute Gasteiger partial charge is 0.435 e. The first-order valence-corrected chi connectivity index (χ1v) is 7.02. The van der Waals surface area contributed by atoms with E-state index in [2.05, 4.69) is 10.5 Å². The molecule has 2 N–H and O–H groups in total. The van der Waals surface area contributed by atoms with E-state index >= 15 is 0 Å². The van der Waals surface area contributed by atoms with Crippen molar-refractivity contribution in [3.63, 3.8) is 0 Å². The third-order valence-corrected chi connectivity index (χ3v) is 3.26. The number of hydrazine groups is 1. The summed E-state index contributed by atoms with van der Waals surface area (Å²) in [7, 11) is 1.26. The van der Waals surface area contributed by atoms with Gasteiger partial charge in [-0.3, -0.25) is 25.1 Å². The highest BCUT2D eigenvalue weighted by Crippen LogP contribution is 2.30. The number of rotatable bonds is 3. The van der Waals surface area contributed by atoms with Crippen LogP contribution >= 0.6 is 0 Å². The number of hydrogen-bond acceptors (Lipinski definition) is 3. The van der Waals surface area contributed by atoms with Gasteiger partial charge in [0.05, 0.1) is 5.56 Å². The SMILES string of the molecule is CCc1ccc(C(=O)NNC(=O)c2cn(C)nc2C(F)(F)F)cc1. The van der Waals surface area contributed by atoms with E-state index in [1.807, 2.05) is 12.3 Å². The van der Waals surface area contributed by atoms with Crippen LogP contribution in [0.15, 0.2) is 30.5 Å². The summed E-state index contributed by atoms with van der Waals surface area (Å²) in [6, 6.07) is 6.62. The minimum atomic E-state index is -4.77. The van der Waals surface area contributed by atoms with Gasteiger partial charge in [0.2, 0.25) is 0 Å². The molecule has 2 rings (SSSR count). The number of hydrogen-bond donors (Lipinski definition) is 2. The van der Waals surface area contributed by atoms with Gasteiger partial charge in [-0.1, -0.05) is 19.1 Å². The number of aromatic nitrogens is 2. The van der Waals surface area contributed by atoms with Crippen LogP contribution in [-0.4, -0.2) is 21.6 Å². The van der Waals surface area contributed by atoms with Crippen molar-refractivity contribution in [3.8, 4) is 0 Å². The van der Waals surface area contributed by atoms with Crippen molar-refractivity contribution in [1.82, 2.24) is 20.6 Å². The molecule has 0 radical (unpaired) electrons. The molecule has 9 heteroatoms. The molecule has 128 valence electrons. The Morgan fingerprint density at radius 3 is 2.25 bits per heavy atom. The van der Waals surface area contributed by atoms with Crippen molar-refractivity contribution in [2.45, 2.75) is 19.5 Å². The van der Waals surface area contributed by atoms with Crippen LogP contribution in [-0.2, 0) is 19.6 Å². The van der Waals surface area contributed by atoms with Crippen LogP contribution in [0.4, 0.5) is 13.2 Å². The first-order chi connectivity index (χ1) is 11.2. The Morgan fingerprint density at radius 2 is 1.71 bits per heavy atom. The Labute approximate surface area is 135 Å². The molecule has 0 saturated carbocycles. The zero-order valence-electron chi connectivity index (χ0n) is 12.9. The molecule has 2 aromatic rings. The van der Waals surface area contributed by atoms with Crippen molar-refractivity contribution in [1.29, 1.82) is 0 Å². The van der Waals surface area contributed by atoms with Gasteiger partial charge in [0.25, 0.3) is 11.8 Å². The molecule has 0 aliphatic rings. The summed E-state index contributed by atoms with van der Waals surface area (Å²) in [5.74, 6) is -1.74. The van der Waals surface area contributed by atoms with Crippen LogP contribution in [0.2, 0.25) is 0 Å². The third-order valence-electron chi connectivity index (χ3n) is 3.26. The predicted molar refractivity (Wildman–Crippen MR) is 79.0 cm³/mol. The summed E-state index contributed by atoms with van der Waals surface area (Å²) in [5, 5.41) is 3.23. The van der Waals surface area contributed by atoms with E-state index in [1.165, 1.54) is 7.05 Å². The van der Waals surface area contributed by atoms with Crippen LogP contribution in [0.25, 0.3) is 0 Å². The van der Waals surface area contributed by atoms with Crippen molar-refractivity contribution < 1.29 is 22.8 Å². The van der Waals surface area contributed by atoms with E-state index in [1.54, 1.807) is 24.3 Å². The zero-order chi connectivity index (χ0) is 17.9. The van der Waals surface area contributed by atoms with Crippen molar-refractivity contribution >= 4 is 11.8 Å². The van der Waals surface area contributed by atoms with Crippen LogP contribution in [0.1, 0.15) is 38.9 Å². The smallest absolute Gasteiger partial charge is 0.274 e. The van der Waals surface area contributed by atoms with Crippen LogP contribution in [0.5, 0.6) is 0 Å². The highest BCUT2D eigenvalue weighted by atomic mass is 19.4. The number of halogens is 3. The average molecular weight is 340 g/mol. The van der Waals surface area contributed by atoms with E-state index < -0.39 is 29.2 Å². The Bertz CT molecular complexity index is 751. The van der Waals surface area contributed by atoms with Crippen LogP contribution < -0.4 is 10.9 Å². The molecule has 0 saturated heterocycles. The lowest BCUT2D eigenvalue weighted by Crippen LogP contribution is -2.42. The molecule has 0 fully saturated rings. The van der Waals surface area contributed by atoms with E-state index in [0.717, 1.165) is 22.9 Å². The Kier molecular flexibility index (Phi) is 4.91. The first-order valence-electron chi connectivity index (χ1n) is 7.02. The second-order valence-corrected chi connectivity index (χ2v) is 5.02. The minimum absolute atomic E-state index is 0.273. The highest BCUT2D eigenvalue weighted by Gasteiger charge is 2.39. The molecule has 0 atom stereocenters. The van der Waals surface area contributed by atoms with Crippen LogP contribution in [0.3, 0.4) is 0 Å². The molecule has 6 nitrogen and oxygen atoms in total. The topological polar surface area (TPSA) is 76.0 Å². The lowest BCUT2D eigenvalue weighted by atomic mass is 10.1. The van der Waals surface area contributed by atoms with Crippen molar-refractivity contribution in [2.24, 2.45) is 7.05 Å². The lowest BCUT2D eigenvalue weighted by molar-refractivity contribution is -0.141. The third kappa shape index (κ3) is 3.92. The van der Waals surface area contributed by atoms with Gasteiger partial charge in [-0.15, -0.1) is 0 Å². The maximum absolute atomic E-state index is 12.8. The van der Waals surface area contributed by atoms with E-state index in [9.17, 15) is 22.8 Å². The number of amides is 2. The number of carbonyl (C=O) groups excluding carboxylic acids is 2. The molecule has 0 aliphatic carbocycles. The molecule has 2 amide bonds. The first kappa shape index (κ1) is 17.5. The van der Waals surface area contributed by atoms with E-state index in [0.29, 0.717) is 0 Å². The van der Waals surface area contributed by atoms with Crippen molar-refractivity contribution in [3.05, 3.63) is 52.8 Å². The zero-order valence-corrected chi connectivity index (χ0v) is 12.9. The highest BCUT2D eigenvalue weighted by molar-refractivity contribution is 5.99. The van der Waals surface area contributed by atoms with Gasteiger partial charge < -0.3 is 0 Å². The molecule has 0 unspecified atom stereocenters. The molecule has 24 heavy (non-hydrogen) atoms. The Hall–Kier alpha value is -2.84. The fourth-order valence-electron chi connectivity index (χ4n) is 2.01. The number of alkyl halides is 3. The summed E-state index contributed by atoms with van der Waals surface area (Å²) >= 11 is 0. The summed E-state index contributed by atoms with van der Waals surface area (Å²) in [5.41, 5.74) is 3.35. The molecule has 0 bridgehead atoms. The number of nitrogens with one attached hydrogen (secondary N) is 2. The number of carbonyl (C=O) groups is 2. The molecular formula is C15H15F3N4O2. The van der Waals surface area contributed by atoms with Gasteiger partial charge in [-0.25, -0.2) is 0 Å². The number of benzene rings is 1. The summed E-state index contributed by atoms with van der Waals surface area (Å²) in [6.07, 6.45) is -3.03. The van der Waals surface area contributed by atoms with Gasteiger partial charge in [0.1, 0.15) is 0 Å². The fourth-order valence-corrected chi connectivity index (χ4v) is 2.01. The standard InChI is InChI=1S/C15H15F3N4O2/c1-3-9-4-6-10(7-5-9)13(23)19-20-14(24)11-8-22(2)21-12(11)15(16,17)18/h4-8H,3H2,1-2H3,(H,19,23)(H,20,24). The average Bonchev–Trinajstić information content (AvgIpc) is 2.94. The minimum Gasteiger partial charge on any atom is -0.274 e. The number of nitrogens with zero attached hydrogens (tertiary/aromatic N) is 2. The van der Waals surface area contributed by atoms with E-state index in [4.69, 9.17) is 0 Å². The monoisotopic (exact) mass is 340 g/mol. The molecule has 1 aromatic heterocycles. The molecule has 0 aliphatic heterocycles. The summed E-state index contributed by atoms with van der Waals surface area (Å²) in [4.78, 5) is 23.8. The Morgan fingerprint density at radius 1 is 1.12 bits per heavy atom. The molecule has 1 heterocycles. The fraction of sp³-hybridized carbons (Fsp3) is 0.267. The van der Waals surface area contributed by atoms with Gasteiger partial charge in [0.15, 0.2) is 5.69 Å². The summed E-state index contributed by atoms with van der Waals surface area (Å²) in [6.45, 7) is 1.96. The molecular weight excluding hydrogens is 325 g/mol. The molecule has 0 spiro atoms. The predicted octanol–water partition coefficient (Wildman–Crippen LogP) is 2.08. The van der Waals surface area contributed by atoms with Gasteiger partial charge >= 0.3 is 6.18 Å².